The molecule has 2 rings (SSSR count). The molecule has 0 radical (unpaired) electrons. The number of carbonyl (C=O) groups is 1. The number of methoxy groups -OCH3 is 1. The lowest BCUT2D eigenvalue weighted by Gasteiger charge is -2.10. The molecule has 0 unspecified atom stereocenters. The van der Waals surface area contributed by atoms with E-state index in [0.29, 0.717) is 23.3 Å². The molecule has 0 aliphatic rings. The third kappa shape index (κ3) is 4.94. The van der Waals surface area contributed by atoms with Crippen LogP contribution in [0.1, 0.15) is 18.9 Å². The summed E-state index contributed by atoms with van der Waals surface area (Å²) in [6.45, 7) is 1.77. The molecule has 7 heteroatoms. The van der Waals surface area contributed by atoms with E-state index >= 15 is 0 Å². The average Bonchev–Trinajstić information content (AvgIpc) is 2.64. The molecule has 0 saturated carbocycles. The van der Waals surface area contributed by atoms with Crippen molar-refractivity contribution in [2.24, 2.45) is 10.7 Å². The van der Waals surface area contributed by atoms with Gasteiger partial charge in [0.1, 0.15) is 11.6 Å². The Kier molecular flexibility index (Phi) is 6.33. The number of nitrogens with one attached hydrogen (secondary N) is 2. The largest absolute Gasteiger partial charge is 0.496 e. The van der Waals surface area contributed by atoms with E-state index in [9.17, 15) is 9.18 Å². The number of nitrogens with zero attached hydrogens (tertiary/aromatic N) is 1. The van der Waals surface area contributed by atoms with E-state index in [0.717, 1.165) is 5.56 Å². The van der Waals surface area contributed by atoms with E-state index in [1.165, 1.54) is 6.07 Å². The van der Waals surface area contributed by atoms with Crippen LogP contribution in [-0.2, 0) is 11.3 Å². The standard InChI is InChI=1S/C18H21FN4O2/c1-3-17(24)22-23-18(20)21-11-13-9-8-12(10-15(13)19)14-6-4-5-7-16(14)25-2/h4-10H,3,11H2,1-2H3,(H,22,24)(H3,20,21,23). The van der Waals surface area contributed by atoms with Gasteiger partial charge in [0, 0.05) is 17.5 Å². The van der Waals surface area contributed by atoms with Crippen LogP contribution < -0.4 is 21.3 Å². The average molecular weight is 344 g/mol. The van der Waals surface area contributed by atoms with Crippen LogP contribution in [0.15, 0.2) is 47.5 Å². The van der Waals surface area contributed by atoms with Gasteiger partial charge in [-0.1, -0.05) is 37.3 Å². The summed E-state index contributed by atoms with van der Waals surface area (Å²) >= 11 is 0. The number of rotatable bonds is 5. The second kappa shape index (κ2) is 8.68. The number of hydrogen-bond acceptors (Lipinski definition) is 3. The highest BCUT2D eigenvalue weighted by Gasteiger charge is 2.09. The molecule has 0 aromatic heterocycles. The number of ether oxygens (including phenoxy) is 1. The van der Waals surface area contributed by atoms with E-state index in [4.69, 9.17) is 10.5 Å². The van der Waals surface area contributed by atoms with E-state index in [1.807, 2.05) is 24.3 Å². The first-order valence-corrected chi connectivity index (χ1v) is 7.81. The number of halogens is 1. The normalized spacial score (nSPS) is 11.1. The van der Waals surface area contributed by atoms with E-state index in [1.54, 1.807) is 26.2 Å². The van der Waals surface area contributed by atoms with E-state index in [2.05, 4.69) is 15.8 Å². The number of benzene rings is 2. The van der Waals surface area contributed by atoms with Crippen molar-refractivity contribution in [3.8, 4) is 16.9 Å². The summed E-state index contributed by atoms with van der Waals surface area (Å²) in [6.07, 6.45) is 0.319. The van der Waals surface area contributed by atoms with E-state index in [-0.39, 0.29) is 18.4 Å². The number of hydrazine groups is 1. The first kappa shape index (κ1) is 18.3. The van der Waals surface area contributed by atoms with Crippen molar-refractivity contribution in [1.82, 2.24) is 10.9 Å². The molecule has 0 aliphatic carbocycles. The first-order chi connectivity index (χ1) is 12.0. The second-order valence-corrected chi connectivity index (χ2v) is 5.23. The third-order valence-electron chi connectivity index (χ3n) is 3.54. The van der Waals surface area contributed by atoms with Crippen molar-refractivity contribution in [3.63, 3.8) is 0 Å². The van der Waals surface area contributed by atoms with Crippen LogP contribution in [0.3, 0.4) is 0 Å². The molecule has 25 heavy (non-hydrogen) atoms. The Morgan fingerprint density at radius 2 is 2.00 bits per heavy atom. The Morgan fingerprint density at radius 3 is 2.68 bits per heavy atom. The predicted molar refractivity (Wildman–Crippen MR) is 95.3 cm³/mol. The van der Waals surface area contributed by atoms with Crippen LogP contribution in [0.2, 0.25) is 0 Å². The lowest BCUT2D eigenvalue weighted by molar-refractivity contribution is -0.121. The maximum absolute atomic E-state index is 14.3. The monoisotopic (exact) mass is 344 g/mol. The minimum atomic E-state index is -0.391. The number of guanidine groups is 1. The zero-order valence-electron chi connectivity index (χ0n) is 14.2. The van der Waals surface area contributed by atoms with Gasteiger partial charge in [0.25, 0.3) is 0 Å². The van der Waals surface area contributed by atoms with Crippen molar-refractivity contribution < 1.29 is 13.9 Å². The summed E-state index contributed by atoms with van der Waals surface area (Å²) in [7, 11) is 1.57. The smallest absolute Gasteiger partial charge is 0.238 e. The highest BCUT2D eigenvalue weighted by molar-refractivity contribution is 5.82. The van der Waals surface area contributed by atoms with Crippen molar-refractivity contribution in [2.75, 3.05) is 7.11 Å². The maximum Gasteiger partial charge on any atom is 0.238 e. The zero-order valence-corrected chi connectivity index (χ0v) is 14.2. The molecular formula is C18H21FN4O2. The minimum absolute atomic E-state index is 0.00926. The number of carbonyl (C=O) groups excluding carboxylic acids is 1. The van der Waals surface area contributed by atoms with Crippen LogP contribution in [-0.4, -0.2) is 19.0 Å². The second-order valence-electron chi connectivity index (χ2n) is 5.23. The SMILES string of the molecule is CCC(=O)NNC(N)=NCc1ccc(-c2ccccc2OC)cc1F. The molecule has 2 aromatic carbocycles. The Labute approximate surface area is 145 Å². The minimum Gasteiger partial charge on any atom is -0.496 e. The van der Waals surface area contributed by atoms with Crippen LogP contribution in [0.4, 0.5) is 4.39 Å². The third-order valence-corrected chi connectivity index (χ3v) is 3.54. The molecule has 0 heterocycles. The highest BCUT2D eigenvalue weighted by Crippen LogP contribution is 2.30. The molecule has 6 nitrogen and oxygen atoms in total. The van der Waals surface area contributed by atoms with Crippen molar-refractivity contribution in [3.05, 3.63) is 53.8 Å². The van der Waals surface area contributed by atoms with Crippen molar-refractivity contribution in [1.29, 1.82) is 0 Å². The predicted octanol–water partition coefficient (Wildman–Crippen LogP) is 2.35. The Bertz CT molecular complexity index is 777. The van der Waals surface area contributed by atoms with Gasteiger partial charge in [-0.3, -0.25) is 15.6 Å². The number of aliphatic imine (C=N–C) groups is 1. The van der Waals surface area contributed by atoms with Crippen LogP contribution in [0.5, 0.6) is 5.75 Å². The van der Waals surface area contributed by atoms with Crippen LogP contribution in [0, 0.1) is 5.82 Å². The van der Waals surface area contributed by atoms with Gasteiger partial charge < -0.3 is 10.5 Å². The Hall–Kier alpha value is -3.09. The molecule has 0 bridgehead atoms. The summed E-state index contributed by atoms with van der Waals surface area (Å²) in [4.78, 5) is 15.1. The lowest BCUT2D eigenvalue weighted by Crippen LogP contribution is -2.45. The van der Waals surface area contributed by atoms with E-state index < -0.39 is 5.82 Å². The van der Waals surface area contributed by atoms with Gasteiger partial charge >= 0.3 is 0 Å². The van der Waals surface area contributed by atoms with Gasteiger partial charge in [0.15, 0.2) is 0 Å². The Morgan fingerprint density at radius 1 is 1.24 bits per heavy atom. The molecule has 1 amide bonds. The number of hydrogen-bond donors (Lipinski definition) is 3. The fourth-order valence-corrected chi connectivity index (χ4v) is 2.16. The molecular weight excluding hydrogens is 323 g/mol. The molecule has 0 atom stereocenters. The molecule has 132 valence electrons. The van der Waals surface area contributed by atoms with Crippen LogP contribution >= 0.6 is 0 Å². The summed E-state index contributed by atoms with van der Waals surface area (Å²) in [5.41, 5.74) is 12.4. The summed E-state index contributed by atoms with van der Waals surface area (Å²) in [5, 5.41) is 0. The molecule has 2 aromatic rings. The van der Waals surface area contributed by atoms with Gasteiger partial charge in [0.05, 0.1) is 13.7 Å². The lowest BCUT2D eigenvalue weighted by atomic mass is 10.0. The topological polar surface area (TPSA) is 88.7 Å². The fraction of sp³-hybridized carbons (Fsp3) is 0.222. The summed E-state index contributed by atoms with van der Waals surface area (Å²) < 4.78 is 19.7. The first-order valence-electron chi connectivity index (χ1n) is 7.81. The number of amides is 1. The molecule has 0 aliphatic heterocycles. The maximum atomic E-state index is 14.3. The van der Waals surface area contributed by atoms with Crippen LogP contribution in [0.25, 0.3) is 11.1 Å². The Balaban J connectivity index is 2.10. The molecule has 0 fully saturated rings. The number of nitrogens with two attached hydrogens (primary N) is 1. The number of para-hydroxylation sites is 1. The zero-order chi connectivity index (χ0) is 18.2. The highest BCUT2D eigenvalue weighted by atomic mass is 19.1. The molecule has 4 N–H and O–H groups in total. The quantitative estimate of drug-likeness (QED) is 0.441. The van der Waals surface area contributed by atoms with Crippen molar-refractivity contribution in [2.45, 2.75) is 19.9 Å². The van der Waals surface area contributed by atoms with Gasteiger partial charge in [-0.15, -0.1) is 0 Å². The van der Waals surface area contributed by atoms with Gasteiger partial charge in [-0.2, -0.15) is 0 Å². The van der Waals surface area contributed by atoms with Crippen molar-refractivity contribution >= 4 is 11.9 Å². The molecule has 0 saturated heterocycles. The summed E-state index contributed by atoms with van der Waals surface area (Å²) in [5.74, 6) is 0.0748. The summed E-state index contributed by atoms with van der Waals surface area (Å²) in [6, 6.07) is 12.3. The van der Waals surface area contributed by atoms with Gasteiger partial charge in [-0.05, 0) is 17.7 Å². The van der Waals surface area contributed by atoms with Gasteiger partial charge in [0.2, 0.25) is 11.9 Å². The molecule has 0 spiro atoms. The fourth-order valence-electron chi connectivity index (χ4n) is 2.16. The van der Waals surface area contributed by atoms with Gasteiger partial charge in [-0.25, -0.2) is 9.38 Å².